The number of rotatable bonds is 12. The predicted octanol–water partition coefficient (Wildman–Crippen LogP) is 4.67. The van der Waals surface area contributed by atoms with Crippen LogP contribution in [0.15, 0.2) is 24.3 Å². The molecule has 3 unspecified atom stereocenters. The van der Waals surface area contributed by atoms with Gasteiger partial charge in [0.25, 0.3) is 0 Å². The molecule has 3 N–H and O–H groups in total. The number of nitrogens with zero attached hydrogens (tertiary/aromatic N) is 1. The Morgan fingerprint density at radius 3 is 2.29 bits per heavy atom. The van der Waals surface area contributed by atoms with Crippen molar-refractivity contribution < 1.29 is 24.2 Å². The quantitative estimate of drug-likeness (QED) is 0.379. The summed E-state index contributed by atoms with van der Waals surface area (Å²) in [5, 5.41) is 15.7. The second-order valence-corrected chi connectivity index (χ2v) is 9.80. The third-order valence-corrected chi connectivity index (χ3v) is 5.25. The van der Waals surface area contributed by atoms with E-state index in [4.69, 9.17) is 4.74 Å². The maximum absolute atomic E-state index is 13.6. The van der Waals surface area contributed by atoms with E-state index in [1.165, 1.54) is 17.0 Å². The number of phenols is 1. The van der Waals surface area contributed by atoms with Crippen molar-refractivity contribution in [2.45, 2.75) is 104 Å². The summed E-state index contributed by atoms with van der Waals surface area (Å²) in [6.07, 6.45) is 3.56. The number of carbonyl (C=O) groups excluding carboxylic acids is 3. The van der Waals surface area contributed by atoms with Gasteiger partial charge in [0.1, 0.15) is 23.4 Å². The van der Waals surface area contributed by atoms with Crippen LogP contribution < -0.4 is 10.6 Å². The van der Waals surface area contributed by atoms with Gasteiger partial charge in [0.05, 0.1) is 0 Å². The summed E-state index contributed by atoms with van der Waals surface area (Å²) in [7, 11) is 0. The summed E-state index contributed by atoms with van der Waals surface area (Å²) in [6, 6.07) is 4.48. The van der Waals surface area contributed by atoms with Crippen LogP contribution in [0.5, 0.6) is 5.75 Å². The van der Waals surface area contributed by atoms with Crippen LogP contribution in [0.4, 0.5) is 4.79 Å². The number of benzene rings is 1. The maximum atomic E-state index is 13.6. The Morgan fingerprint density at radius 1 is 1.06 bits per heavy atom. The van der Waals surface area contributed by atoms with Crippen LogP contribution in [0.2, 0.25) is 0 Å². The highest BCUT2D eigenvalue weighted by molar-refractivity contribution is 5.92. The number of ether oxygens (including phenoxy) is 1. The van der Waals surface area contributed by atoms with E-state index in [1.807, 2.05) is 13.8 Å². The van der Waals surface area contributed by atoms with Crippen molar-refractivity contribution in [2.24, 2.45) is 0 Å². The normalized spacial score (nSPS) is 14.0. The third-order valence-electron chi connectivity index (χ3n) is 5.25. The van der Waals surface area contributed by atoms with E-state index < -0.39 is 29.7 Å². The first-order valence-corrected chi connectivity index (χ1v) is 12.3. The summed E-state index contributed by atoms with van der Waals surface area (Å²) in [5.74, 6) is -0.702. The molecule has 3 atom stereocenters. The smallest absolute Gasteiger partial charge is 0.408 e. The van der Waals surface area contributed by atoms with Crippen LogP contribution in [0.25, 0.3) is 0 Å². The van der Waals surface area contributed by atoms with Crippen molar-refractivity contribution in [1.82, 2.24) is 15.5 Å². The maximum Gasteiger partial charge on any atom is 0.408 e. The molecule has 8 heteroatoms. The highest BCUT2D eigenvalue weighted by Gasteiger charge is 2.35. The van der Waals surface area contributed by atoms with E-state index in [0.717, 1.165) is 25.7 Å². The second-order valence-electron chi connectivity index (χ2n) is 9.80. The first kappa shape index (κ1) is 29.3. The van der Waals surface area contributed by atoms with E-state index in [1.54, 1.807) is 39.8 Å². The molecule has 8 nitrogen and oxygen atoms in total. The van der Waals surface area contributed by atoms with E-state index >= 15 is 0 Å². The molecule has 0 aliphatic heterocycles. The number of nitrogens with one attached hydrogen (secondary N) is 2. The van der Waals surface area contributed by atoms with Gasteiger partial charge in [-0.2, -0.15) is 0 Å². The van der Waals surface area contributed by atoms with E-state index in [0.29, 0.717) is 18.5 Å². The first-order chi connectivity index (χ1) is 15.9. The molecule has 0 radical (unpaired) electrons. The van der Waals surface area contributed by atoms with Gasteiger partial charge >= 0.3 is 6.09 Å². The number of phenolic OH excluding ortho intramolecular Hbond substituents is 1. The number of unbranched alkanes of at least 4 members (excludes halogenated alkanes) is 2. The molecule has 0 aromatic heterocycles. The van der Waals surface area contributed by atoms with Crippen LogP contribution in [-0.4, -0.2) is 52.1 Å². The van der Waals surface area contributed by atoms with Gasteiger partial charge in [0.15, 0.2) is 0 Å². The SMILES string of the molecule is CCCCCN(C(=O)C(C)NC(=O)OC(C)(C)C)C(C(=O)NC(C)CCC)c1cccc(O)c1. The molecular formula is C26H43N3O5. The van der Waals surface area contributed by atoms with Crippen LogP contribution in [0.3, 0.4) is 0 Å². The zero-order valence-electron chi connectivity index (χ0n) is 21.8. The summed E-state index contributed by atoms with van der Waals surface area (Å²) < 4.78 is 5.29. The number of aromatic hydroxyl groups is 1. The Kier molecular flexibility index (Phi) is 11.9. The van der Waals surface area contributed by atoms with Gasteiger partial charge in [-0.25, -0.2) is 4.79 Å². The minimum atomic E-state index is -0.946. The van der Waals surface area contributed by atoms with Crippen molar-refractivity contribution in [3.63, 3.8) is 0 Å². The van der Waals surface area contributed by atoms with Crippen LogP contribution in [0, 0.1) is 0 Å². The molecule has 0 aliphatic rings. The molecule has 0 saturated carbocycles. The van der Waals surface area contributed by atoms with Crippen molar-refractivity contribution in [3.05, 3.63) is 29.8 Å². The Hall–Kier alpha value is -2.77. The second kappa shape index (κ2) is 13.8. The fourth-order valence-electron chi connectivity index (χ4n) is 3.69. The number of alkyl carbamates (subject to hydrolysis) is 1. The lowest BCUT2D eigenvalue weighted by atomic mass is 10.0. The topological polar surface area (TPSA) is 108 Å². The lowest BCUT2D eigenvalue weighted by molar-refractivity contribution is -0.142. The summed E-state index contributed by atoms with van der Waals surface area (Å²) in [4.78, 5) is 40.8. The molecule has 34 heavy (non-hydrogen) atoms. The van der Waals surface area contributed by atoms with E-state index in [9.17, 15) is 19.5 Å². The number of amides is 3. The molecular weight excluding hydrogens is 434 g/mol. The van der Waals surface area contributed by atoms with Gasteiger partial charge in [-0.1, -0.05) is 45.2 Å². The molecule has 0 aliphatic carbocycles. The Bertz CT molecular complexity index is 806. The van der Waals surface area contributed by atoms with Crippen LogP contribution in [-0.2, 0) is 14.3 Å². The van der Waals surface area contributed by atoms with Gasteiger partial charge in [0, 0.05) is 12.6 Å². The van der Waals surface area contributed by atoms with Gasteiger partial charge < -0.3 is 25.4 Å². The highest BCUT2D eigenvalue weighted by atomic mass is 16.6. The van der Waals surface area contributed by atoms with Crippen molar-refractivity contribution in [2.75, 3.05) is 6.54 Å². The lowest BCUT2D eigenvalue weighted by Crippen LogP contribution is -2.52. The van der Waals surface area contributed by atoms with Gasteiger partial charge in [-0.15, -0.1) is 0 Å². The van der Waals surface area contributed by atoms with Gasteiger partial charge in [-0.3, -0.25) is 9.59 Å². The van der Waals surface area contributed by atoms with E-state index in [-0.39, 0.29) is 17.7 Å². The van der Waals surface area contributed by atoms with Crippen LogP contribution in [0.1, 0.15) is 92.2 Å². The van der Waals surface area contributed by atoms with Gasteiger partial charge in [0.2, 0.25) is 11.8 Å². The van der Waals surface area contributed by atoms with Crippen molar-refractivity contribution in [1.29, 1.82) is 0 Å². The molecule has 0 fully saturated rings. The standard InChI is InChI=1S/C26H43N3O5/c1-8-10-11-16-29(24(32)19(4)28-25(33)34-26(5,6)7)22(20-14-12-15-21(30)17-20)23(31)27-18(3)13-9-2/h12,14-15,17-19,22,30H,8-11,13,16H2,1-7H3,(H,27,31)(H,28,33). The minimum Gasteiger partial charge on any atom is -0.508 e. The summed E-state index contributed by atoms with van der Waals surface area (Å²) >= 11 is 0. The van der Waals surface area contributed by atoms with E-state index in [2.05, 4.69) is 17.6 Å². The predicted molar refractivity (Wildman–Crippen MR) is 133 cm³/mol. The molecule has 0 spiro atoms. The Balaban J connectivity index is 3.30. The number of hydrogen-bond donors (Lipinski definition) is 3. The number of carbonyl (C=O) groups is 3. The molecule has 1 aromatic rings. The Labute approximate surface area is 204 Å². The zero-order valence-corrected chi connectivity index (χ0v) is 21.8. The third kappa shape index (κ3) is 10.0. The molecule has 1 aromatic carbocycles. The first-order valence-electron chi connectivity index (χ1n) is 12.3. The lowest BCUT2D eigenvalue weighted by Gasteiger charge is -2.34. The van der Waals surface area contributed by atoms with Crippen molar-refractivity contribution >= 4 is 17.9 Å². The van der Waals surface area contributed by atoms with Crippen molar-refractivity contribution in [3.8, 4) is 5.75 Å². The fraction of sp³-hybridized carbons (Fsp3) is 0.654. The summed E-state index contributed by atoms with van der Waals surface area (Å²) in [5.41, 5.74) is -0.192. The number of hydrogen-bond acceptors (Lipinski definition) is 5. The van der Waals surface area contributed by atoms with Crippen LogP contribution >= 0.6 is 0 Å². The molecule has 0 bridgehead atoms. The average molecular weight is 478 g/mol. The monoisotopic (exact) mass is 477 g/mol. The molecule has 192 valence electrons. The molecule has 3 amide bonds. The molecule has 1 rings (SSSR count). The summed E-state index contributed by atoms with van der Waals surface area (Å²) in [6.45, 7) is 13.2. The molecule has 0 saturated heterocycles. The average Bonchev–Trinajstić information content (AvgIpc) is 2.71. The highest BCUT2D eigenvalue weighted by Crippen LogP contribution is 2.26. The minimum absolute atomic E-state index is 0.0118. The van der Waals surface area contributed by atoms with Gasteiger partial charge in [-0.05, 0) is 65.2 Å². The zero-order chi connectivity index (χ0) is 25.9. The fourth-order valence-corrected chi connectivity index (χ4v) is 3.69. The Morgan fingerprint density at radius 2 is 1.74 bits per heavy atom. The molecule has 0 heterocycles. The largest absolute Gasteiger partial charge is 0.508 e.